The third kappa shape index (κ3) is 2.53. The van der Waals surface area contributed by atoms with Crippen molar-refractivity contribution in [2.24, 2.45) is 0 Å². The first-order valence-corrected chi connectivity index (χ1v) is 6.37. The Balaban J connectivity index is 1.83. The van der Waals surface area contributed by atoms with Crippen LogP contribution in [0.3, 0.4) is 0 Å². The minimum absolute atomic E-state index is 0.729. The molecule has 0 aliphatic heterocycles. The first-order chi connectivity index (χ1) is 9.22. The second-order valence-corrected chi connectivity index (χ2v) is 4.79. The van der Waals surface area contributed by atoms with Gasteiger partial charge in [0.1, 0.15) is 5.82 Å². The van der Waals surface area contributed by atoms with Gasteiger partial charge in [0.2, 0.25) is 0 Å². The van der Waals surface area contributed by atoms with E-state index in [-0.39, 0.29) is 0 Å². The molecule has 0 N–H and O–H groups in total. The summed E-state index contributed by atoms with van der Waals surface area (Å²) in [6.07, 6.45) is 7.58. The summed E-state index contributed by atoms with van der Waals surface area (Å²) in [6.45, 7) is 2.71. The van der Waals surface area contributed by atoms with E-state index in [0.717, 1.165) is 28.8 Å². The SMILES string of the molecule is Cc1nccn1Cc1cn(-c2ccc(Cl)cc2)cn1. The van der Waals surface area contributed by atoms with Crippen molar-refractivity contribution >= 4 is 11.6 Å². The van der Waals surface area contributed by atoms with Gasteiger partial charge in [0.05, 0.1) is 18.6 Å². The summed E-state index contributed by atoms with van der Waals surface area (Å²) in [4.78, 5) is 8.61. The Morgan fingerprint density at radius 3 is 2.63 bits per heavy atom. The van der Waals surface area contributed by atoms with Gasteiger partial charge in [-0.1, -0.05) is 11.6 Å². The number of aryl methyl sites for hydroxylation is 1. The molecule has 1 aromatic carbocycles. The normalized spacial score (nSPS) is 10.8. The summed E-state index contributed by atoms with van der Waals surface area (Å²) in [6, 6.07) is 7.68. The lowest BCUT2D eigenvalue weighted by molar-refractivity contribution is 0.746. The second kappa shape index (κ2) is 4.90. The molecule has 0 aliphatic rings. The highest BCUT2D eigenvalue weighted by Gasteiger charge is 2.03. The number of hydrogen-bond donors (Lipinski definition) is 0. The van der Waals surface area contributed by atoms with Crippen molar-refractivity contribution in [3.8, 4) is 5.69 Å². The number of rotatable bonds is 3. The van der Waals surface area contributed by atoms with Crippen molar-refractivity contribution in [3.05, 3.63) is 65.7 Å². The molecule has 3 aromatic rings. The second-order valence-electron chi connectivity index (χ2n) is 4.35. The van der Waals surface area contributed by atoms with Crippen LogP contribution in [0.4, 0.5) is 0 Å². The van der Waals surface area contributed by atoms with E-state index in [1.165, 1.54) is 0 Å². The van der Waals surface area contributed by atoms with E-state index in [2.05, 4.69) is 14.5 Å². The Hall–Kier alpha value is -2.07. The summed E-state index contributed by atoms with van der Waals surface area (Å²) in [5.74, 6) is 0.987. The molecule has 5 heteroatoms. The number of aromatic nitrogens is 4. The summed E-state index contributed by atoms with van der Waals surface area (Å²) in [7, 11) is 0. The predicted molar refractivity (Wildman–Crippen MR) is 74.6 cm³/mol. The maximum Gasteiger partial charge on any atom is 0.105 e. The van der Waals surface area contributed by atoms with Crippen LogP contribution in [0.15, 0.2) is 49.2 Å². The molecule has 0 unspecified atom stereocenters. The minimum Gasteiger partial charge on any atom is -0.329 e. The van der Waals surface area contributed by atoms with Crippen LogP contribution in [0, 0.1) is 6.92 Å². The van der Waals surface area contributed by atoms with Gasteiger partial charge < -0.3 is 9.13 Å². The molecule has 3 rings (SSSR count). The Bertz CT molecular complexity index is 682. The maximum absolute atomic E-state index is 5.88. The molecular weight excluding hydrogens is 260 g/mol. The fourth-order valence-electron chi connectivity index (χ4n) is 1.94. The summed E-state index contributed by atoms with van der Waals surface area (Å²) in [5, 5.41) is 0.734. The fraction of sp³-hybridized carbons (Fsp3) is 0.143. The summed E-state index contributed by atoms with van der Waals surface area (Å²) >= 11 is 5.88. The van der Waals surface area contributed by atoms with Crippen LogP contribution in [0.2, 0.25) is 5.02 Å². The van der Waals surface area contributed by atoms with Crippen molar-refractivity contribution < 1.29 is 0 Å². The molecule has 0 radical (unpaired) electrons. The molecule has 19 heavy (non-hydrogen) atoms. The van der Waals surface area contributed by atoms with E-state index in [9.17, 15) is 0 Å². The Labute approximate surface area is 116 Å². The van der Waals surface area contributed by atoms with Crippen molar-refractivity contribution in [2.45, 2.75) is 13.5 Å². The van der Waals surface area contributed by atoms with Gasteiger partial charge in [-0.3, -0.25) is 0 Å². The van der Waals surface area contributed by atoms with E-state index in [4.69, 9.17) is 11.6 Å². The average molecular weight is 273 g/mol. The molecule has 0 aliphatic carbocycles. The molecule has 0 saturated heterocycles. The van der Waals surface area contributed by atoms with Gasteiger partial charge in [0, 0.05) is 29.3 Å². The van der Waals surface area contributed by atoms with Crippen LogP contribution in [-0.2, 0) is 6.54 Å². The lowest BCUT2D eigenvalue weighted by Gasteiger charge is -2.02. The van der Waals surface area contributed by atoms with E-state index >= 15 is 0 Å². The zero-order valence-electron chi connectivity index (χ0n) is 10.5. The number of nitrogens with zero attached hydrogens (tertiary/aromatic N) is 4. The number of benzene rings is 1. The highest BCUT2D eigenvalue weighted by Crippen LogP contribution is 2.14. The van der Waals surface area contributed by atoms with Gasteiger partial charge in [-0.15, -0.1) is 0 Å². The smallest absolute Gasteiger partial charge is 0.105 e. The lowest BCUT2D eigenvalue weighted by atomic mass is 10.3. The van der Waals surface area contributed by atoms with Crippen molar-refractivity contribution in [1.82, 2.24) is 19.1 Å². The topological polar surface area (TPSA) is 35.6 Å². The lowest BCUT2D eigenvalue weighted by Crippen LogP contribution is -2.00. The number of imidazole rings is 2. The molecule has 2 aromatic heterocycles. The number of hydrogen-bond acceptors (Lipinski definition) is 2. The fourth-order valence-corrected chi connectivity index (χ4v) is 2.07. The van der Waals surface area contributed by atoms with Gasteiger partial charge in [-0.25, -0.2) is 9.97 Å². The van der Waals surface area contributed by atoms with Gasteiger partial charge in [0.25, 0.3) is 0 Å². The van der Waals surface area contributed by atoms with Gasteiger partial charge in [0.15, 0.2) is 0 Å². The molecule has 0 bridgehead atoms. The van der Waals surface area contributed by atoms with Crippen LogP contribution in [0.25, 0.3) is 5.69 Å². The zero-order valence-corrected chi connectivity index (χ0v) is 11.2. The molecule has 0 fully saturated rings. The van der Waals surface area contributed by atoms with E-state index in [1.807, 2.05) is 54.5 Å². The van der Waals surface area contributed by atoms with Crippen molar-refractivity contribution in [3.63, 3.8) is 0 Å². The largest absolute Gasteiger partial charge is 0.329 e. The summed E-state index contributed by atoms with van der Waals surface area (Å²) in [5.41, 5.74) is 2.04. The monoisotopic (exact) mass is 272 g/mol. The summed E-state index contributed by atoms with van der Waals surface area (Å²) < 4.78 is 4.05. The minimum atomic E-state index is 0.729. The molecule has 4 nitrogen and oxygen atoms in total. The van der Waals surface area contributed by atoms with Crippen LogP contribution >= 0.6 is 11.6 Å². The molecule has 96 valence electrons. The van der Waals surface area contributed by atoms with Crippen molar-refractivity contribution in [1.29, 1.82) is 0 Å². The molecule has 0 saturated carbocycles. The van der Waals surface area contributed by atoms with Crippen molar-refractivity contribution in [2.75, 3.05) is 0 Å². The maximum atomic E-state index is 5.88. The standard InChI is InChI=1S/C14H13ClN4/c1-11-16-6-7-18(11)8-13-9-19(10-17-13)14-4-2-12(15)3-5-14/h2-7,9-10H,8H2,1H3. The molecule has 2 heterocycles. The molecule has 0 spiro atoms. The zero-order chi connectivity index (χ0) is 13.2. The van der Waals surface area contributed by atoms with E-state index in [0.29, 0.717) is 0 Å². The Morgan fingerprint density at radius 2 is 1.95 bits per heavy atom. The highest BCUT2D eigenvalue weighted by molar-refractivity contribution is 6.30. The first-order valence-electron chi connectivity index (χ1n) is 5.99. The van der Waals surface area contributed by atoms with Crippen LogP contribution in [0.5, 0.6) is 0 Å². The third-order valence-electron chi connectivity index (χ3n) is 3.02. The third-order valence-corrected chi connectivity index (χ3v) is 3.27. The van der Waals surface area contributed by atoms with E-state index in [1.54, 1.807) is 6.20 Å². The molecule has 0 amide bonds. The molecular formula is C14H13ClN4. The first kappa shape index (κ1) is 12.0. The van der Waals surface area contributed by atoms with Gasteiger partial charge in [-0.2, -0.15) is 0 Å². The molecule has 0 atom stereocenters. The predicted octanol–water partition coefficient (Wildman–Crippen LogP) is 3.08. The highest BCUT2D eigenvalue weighted by atomic mass is 35.5. The van der Waals surface area contributed by atoms with Crippen LogP contribution in [0.1, 0.15) is 11.5 Å². The van der Waals surface area contributed by atoms with E-state index < -0.39 is 0 Å². The van der Waals surface area contributed by atoms with Crippen LogP contribution in [-0.4, -0.2) is 19.1 Å². The number of halogens is 1. The average Bonchev–Trinajstić information content (AvgIpc) is 3.01. The Kier molecular flexibility index (Phi) is 3.09. The quantitative estimate of drug-likeness (QED) is 0.734. The van der Waals surface area contributed by atoms with Gasteiger partial charge in [-0.05, 0) is 31.2 Å². The van der Waals surface area contributed by atoms with Crippen LogP contribution < -0.4 is 0 Å². The van der Waals surface area contributed by atoms with Gasteiger partial charge >= 0.3 is 0 Å². The Morgan fingerprint density at radius 1 is 1.16 bits per heavy atom.